The number of ether oxygens (including phenoxy) is 1. The first-order valence-electron chi connectivity index (χ1n) is 12.3. The lowest BCUT2D eigenvalue weighted by Crippen LogP contribution is -2.63. The number of allylic oxidation sites excluding steroid dienone is 1. The SMILES string of the molecule is COC(=O)[C@@H]1CC2=CC(=O)CC[C@]2(C)[C@@H]2[C@@H]1[C@@H]1CC[C@@](O)(CCC(=O)O)[C@@]1(C)C[C@H]2OS(C)(=O)=O. The summed E-state index contributed by atoms with van der Waals surface area (Å²) in [6, 6.07) is 0. The minimum Gasteiger partial charge on any atom is -0.481 e. The van der Waals surface area contributed by atoms with Crippen LogP contribution in [-0.2, 0) is 33.4 Å². The van der Waals surface area contributed by atoms with E-state index < -0.39 is 50.5 Å². The number of aliphatic carboxylic acids is 1. The minimum absolute atomic E-state index is 0.00955. The number of fused-ring (bicyclic) bond motifs is 5. The summed E-state index contributed by atoms with van der Waals surface area (Å²) in [4.78, 5) is 36.8. The van der Waals surface area contributed by atoms with Gasteiger partial charge in [-0.15, -0.1) is 0 Å². The molecule has 8 atom stereocenters. The molecule has 0 radical (unpaired) electrons. The van der Waals surface area contributed by atoms with E-state index in [0.29, 0.717) is 32.1 Å². The average Bonchev–Trinajstić information content (AvgIpc) is 3.01. The van der Waals surface area contributed by atoms with Crippen LogP contribution in [0.2, 0.25) is 0 Å². The van der Waals surface area contributed by atoms with E-state index in [1.54, 1.807) is 6.08 Å². The Hall–Kier alpha value is -1.78. The van der Waals surface area contributed by atoms with Gasteiger partial charge in [0, 0.05) is 18.3 Å². The Morgan fingerprint density at radius 3 is 2.51 bits per heavy atom. The topological polar surface area (TPSA) is 144 Å². The van der Waals surface area contributed by atoms with Crippen LogP contribution in [0.4, 0.5) is 0 Å². The standard InChI is InChI=1S/C25H36O9S/c1-23-8-5-15(26)11-14(23)12-16(22(29)33-3)20-17-6-9-25(30,10-7-19(27)28)24(17,2)13-18(21(20)23)34-35(4,31)32/h11,16-18,20-21,30H,5-10,12-13H2,1-4H3,(H,27,28)/t16-,17+,18-,20+,21+,23+,24+,25-/m1/s1. The number of carboxylic acids is 1. The predicted molar refractivity (Wildman–Crippen MR) is 125 cm³/mol. The van der Waals surface area contributed by atoms with Gasteiger partial charge in [0.2, 0.25) is 0 Å². The summed E-state index contributed by atoms with van der Waals surface area (Å²) in [6.07, 6.45) is 3.96. The van der Waals surface area contributed by atoms with Crippen LogP contribution in [0.15, 0.2) is 11.6 Å². The van der Waals surface area contributed by atoms with Crippen LogP contribution >= 0.6 is 0 Å². The van der Waals surface area contributed by atoms with Crippen molar-refractivity contribution in [1.82, 2.24) is 0 Å². The van der Waals surface area contributed by atoms with E-state index in [1.807, 2.05) is 13.8 Å². The molecule has 0 aliphatic heterocycles. The van der Waals surface area contributed by atoms with Gasteiger partial charge >= 0.3 is 11.9 Å². The molecule has 0 aromatic carbocycles. The van der Waals surface area contributed by atoms with Gasteiger partial charge < -0.3 is 14.9 Å². The summed E-state index contributed by atoms with van der Waals surface area (Å²) >= 11 is 0. The molecule has 4 aliphatic rings. The lowest BCUT2D eigenvalue weighted by Gasteiger charge is -2.62. The molecule has 0 aromatic rings. The van der Waals surface area contributed by atoms with Gasteiger partial charge in [0.1, 0.15) is 0 Å². The molecule has 0 unspecified atom stereocenters. The van der Waals surface area contributed by atoms with Crippen molar-refractivity contribution in [3.63, 3.8) is 0 Å². The third-order valence-corrected chi connectivity index (χ3v) is 10.4. The first kappa shape index (κ1) is 26.3. The van der Waals surface area contributed by atoms with E-state index in [9.17, 15) is 33.0 Å². The van der Waals surface area contributed by atoms with Gasteiger partial charge in [0.25, 0.3) is 10.1 Å². The minimum atomic E-state index is -3.89. The molecule has 196 valence electrons. The number of carboxylic acid groups (broad SMARTS) is 1. The van der Waals surface area contributed by atoms with Crippen LogP contribution in [0.1, 0.15) is 65.2 Å². The second-order valence-electron chi connectivity index (χ2n) is 11.5. The Morgan fingerprint density at radius 1 is 1.23 bits per heavy atom. The summed E-state index contributed by atoms with van der Waals surface area (Å²) in [5.74, 6) is -2.95. The summed E-state index contributed by atoms with van der Waals surface area (Å²) < 4.78 is 35.7. The summed E-state index contributed by atoms with van der Waals surface area (Å²) in [5.41, 5.74) is -1.90. The third-order valence-electron chi connectivity index (χ3n) is 9.81. The van der Waals surface area contributed by atoms with Gasteiger partial charge in [-0.25, -0.2) is 0 Å². The number of methoxy groups -OCH3 is 1. The van der Waals surface area contributed by atoms with Crippen molar-refractivity contribution in [3.8, 4) is 0 Å². The Bertz CT molecular complexity index is 1060. The molecule has 9 nitrogen and oxygen atoms in total. The fourth-order valence-electron chi connectivity index (χ4n) is 8.17. The highest BCUT2D eigenvalue weighted by atomic mass is 32.2. The van der Waals surface area contributed by atoms with Gasteiger partial charge in [-0.1, -0.05) is 19.4 Å². The van der Waals surface area contributed by atoms with Crippen LogP contribution in [0.25, 0.3) is 0 Å². The van der Waals surface area contributed by atoms with Crippen LogP contribution < -0.4 is 0 Å². The highest BCUT2D eigenvalue weighted by molar-refractivity contribution is 7.86. The lowest BCUT2D eigenvalue weighted by molar-refractivity contribution is -0.188. The van der Waals surface area contributed by atoms with Crippen molar-refractivity contribution in [2.45, 2.75) is 76.9 Å². The molecule has 0 bridgehead atoms. The van der Waals surface area contributed by atoms with E-state index >= 15 is 0 Å². The summed E-state index contributed by atoms with van der Waals surface area (Å²) in [7, 11) is -2.57. The maximum absolute atomic E-state index is 13.1. The molecule has 3 fully saturated rings. The van der Waals surface area contributed by atoms with Gasteiger partial charge in [0.15, 0.2) is 5.78 Å². The van der Waals surface area contributed by atoms with Crippen molar-refractivity contribution in [2.24, 2.45) is 34.5 Å². The molecule has 0 saturated heterocycles. The zero-order valence-electron chi connectivity index (χ0n) is 20.8. The summed E-state index contributed by atoms with van der Waals surface area (Å²) in [6.45, 7) is 3.91. The first-order chi connectivity index (χ1) is 16.1. The van der Waals surface area contributed by atoms with Gasteiger partial charge in [-0.05, 0) is 67.8 Å². The molecule has 0 heterocycles. The largest absolute Gasteiger partial charge is 0.481 e. The number of hydrogen-bond acceptors (Lipinski definition) is 8. The maximum Gasteiger partial charge on any atom is 0.309 e. The molecular weight excluding hydrogens is 476 g/mol. The maximum atomic E-state index is 13.1. The Morgan fingerprint density at radius 2 is 1.91 bits per heavy atom. The number of carbonyl (C=O) groups is 3. The molecule has 10 heteroatoms. The zero-order chi connectivity index (χ0) is 26.0. The van der Waals surface area contributed by atoms with Crippen LogP contribution in [0.5, 0.6) is 0 Å². The first-order valence-corrected chi connectivity index (χ1v) is 14.1. The number of ketones is 1. The molecule has 0 aromatic heterocycles. The van der Waals surface area contributed by atoms with Crippen molar-refractivity contribution in [1.29, 1.82) is 0 Å². The molecule has 35 heavy (non-hydrogen) atoms. The molecule has 0 spiro atoms. The van der Waals surface area contributed by atoms with E-state index in [0.717, 1.165) is 11.8 Å². The smallest absolute Gasteiger partial charge is 0.309 e. The number of hydrogen-bond donors (Lipinski definition) is 2. The molecule has 0 amide bonds. The van der Waals surface area contributed by atoms with Crippen molar-refractivity contribution in [3.05, 3.63) is 11.6 Å². The van der Waals surface area contributed by atoms with Gasteiger partial charge in [0.05, 0.1) is 31.0 Å². The zero-order valence-corrected chi connectivity index (χ0v) is 21.6. The van der Waals surface area contributed by atoms with E-state index in [1.165, 1.54) is 7.11 Å². The van der Waals surface area contributed by atoms with Crippen molar-refractivity contribution >= 4 is 27.8 Å². The number of esters is 1. The lowest BCUT2D eigenvalue weighted by atomic mass is 9.43. The van der Waals surface area contributed by atoms with Crippen LogP contribution in [-0.4, -0.2) is 61.4 Å². The van der Waals surface area contributed by atoms with Crippen LogP contribution in [0.3, 0.4) is 0 Å². The molecule has 4 rings (SSSR count). The average molecular weight is 513 g/mol. The second-order valence-corrected chi connectivity index (χ2v) is 13.1. The molecule has 2 N–H and O–H groups in total. The van der Waals surface area contributed by atoms with E-state index in [2.05, 4.69) is 0 Å². The summed E-state index contributed by atoms with van der Waals surface area (Å²) in [5, 5.41) is 21.1. The van der Waals surface area contributed by atoms with Gasteiger partial charge in [-0.3, -0.25) is 18.6 Å². The van der Waals surface area contributed by atoms with E-state index in [4.69, 9.17) is 8.92 Å². The second kappa shape index (κ2) is 8.66. The third kappa shape index (κ3) is 4.25. The molecular formula is C25H36O9S. The van der Waals surface area contributed by atoms with E-state index in [-0.39, 0.29) is 42.8 Å². The van der Waals surface area contributed by atoms with Crippen molar-refractivity contribution < 1.29 is 41.9 Å². The fourth-order valence-corrected chi connectivity index (χ4v) is 8.80. The molecule has 3 saturated carbocycles. The van der Waals surface area contributed by atoms with Gasteiger partial charge in [-0.2, -0.15) is 8.42 Å². The predicted octanol–water partition coefficient (Wildman–Crippen LogP) is 2.47. The van der Waals surface area contributed by atoms with Crippen LogP contribution in [0, 0.1) is 34.5 Å². The van der Waals surface area contributed by atoms with Crippen molar-refractivity contribution in [2.75, 3.05) is 13.4 Å². The number of aliphatic hydroxyl groups is 1. The highest BCUT2D eigenvalue weighted by Crippen LogP contribution is 2.69. The monoisotopic (exact) mass is 512 g/mol. The Balaban J connectivity index is 1.88. The number of carbonyl (C=O) groups excluding carboxylic acids is 2. The normalized spacial score (nSPS) is 42.9. The number of rotatable bonds is 6. The molecule has 4 aliphatic carbocycles. The highest BCUT2D eigenvalue weighted by Gasteiger charge is 2.69. The quantitative estimate of drug-likeness (QED) is 0.405. The fraction of sp³-hybridized carbons (Fsp3) is 0.800. The Labute approximate surface area is 206 Å². The Kier molecular flexibility index (Phi) is 6.50.